The van der Waals surface area contributed by atoms with E-state index in [0.29, 0.717) is 18.2 Å². The number of methoxy groups -OCH3 is 1. The zero-order valence-corrected chi connectivity index (χ0v) is 10.3. The quantitative estimate of drug-likeness (QED) is 0.847. The number of nitrogens with two attached hydrogens (primary N) is 1. The van der Waals surface area contributed by atoms with Crippen molar-refractivity contribution in [2.24, 2.45) is 0 Å². The van der Waals surface area contributed by atoms with Crippen LogP contribution in [-0.4, -0.2) is 17.1 Å². The van der Waals surface area contributed by atoms with Crippen LogP contribution in [0, 0.1) is 0 Å². The Balaban J connectivity index is 2.04. The number of aromatic nitrogens is 2. The molecule has 2 rings (SSSR count). The van der Waals surface area contributed by atoms with Crippen LogP contribution < -0.4 is 11.1 Å². The monoisotopic (exact) mass is 250 g/mol. The Morgan fingerprint density at radius 2 is 2.35 bits per heavy atom. The van der Waals surface area contributed by atoms with Crippen LogP contribution in [0.15, 0.2) is 22.9 Å². The second-order valence-electron chi connectivity index (χ2n) is 3.51. The van der Waals surface area contributed by atoms with E-state index in [1.807, 2.05) is 5.38 Å². The SMILES string of the molecule is COCc1nc(N)cc(NCc2ccsc2)n1. The number of hydrogen-bond acceptors (Lipinski definition) is 6. The molecule has 0 unspecified atom stereocenters. The third-order valence-electron chi connectivity index (χ3n) is 2.12. The number of ether oxygens (including phenoxy) is 1. The summed E-state index contributed by atoms with van der Waals surface area (Å²) in [6, 6.07) is 3.78. The first-order valence-electron chi connectivity index (χ1n) is 5.15. The van der Waals surface area contributed by atoms with E-state index in [-0.39, 0.29) is 0 Å². The molecule has 3 N–H and O–H groups in total. The fraction of sp³-hybridized carbons (Fsp3) is 0.273. The first kappa shape index (κ1) is 11.8. The lowest BCUT2D eigenvalue weighted by atomic mass is 10.3. The van der Waals surface area contributed by atoms with Crippen molar-refractivity contribution in [3.8, 4) is 0 Å². The van der Waals surface area contributed by atoms with Crippen molar-refractivity contribution in [1.82, 2.24) is 9.97 Å². The van der Waals surface area contributed by atoms with E-state index in [1.54, 1.807) is 24.5 Å². The average molecular weight is 250 g/mol. The maximum Gasteiger partial charge on any atom is 0.158 e. The van der Waals surface area contributed by atoms with Gasteiger partial charge in [-0.2, -0.15) is 11.3 Å². The predicted octanol–water partition coefficient (Wildman–Crippen LogP) is 1.88. The van der Waals surface area contributed by atoms with Gasteiger partial charge in [0.15, 0.2) is 5.82 Å². The highest BCUT2D eigenvalue weighted by atomic mass is 32.1. The summed E-state index contributed by atoms with van der Waals surface area (Å²) in [5.74, 6) is 1.75. The molecule has 6 heteroatoms. The highest BCUT2D eigenvalue weighted by molar-refractivity contribution is 7.07. The summed E-state index contributed by atoms with van der Waals surface area (Å²) in [4.78, 5) is 8.37. The number of rotatable bonds is 5. The number of thiophene rings is 1. The van der Waals surface area contributed by atoms with Crippen LogP contribution in [0.1, 0.15) is 11.4 Å². The Labute approximate surface area is 104 Å². The first-order valence-corrected chi connectivity index (χ1v) is 6.09. The summed E-state index contributed by atoms with van der Waals surface area (Å²) in [6.07, 6.45) is 0. The van der Waals surface area contributed by atoms with E-state index >= 15 is 0 Å². The molecule has 0 spiro atoms. The number of nitrogen functional groups attached to an aromatic ring is 1. The largest absolute Gasteiger partial charge is 0.384 e. The topological polar surface area (TPSA) is 73.1 Å². The third kappa shape index (κ3) is 3.40. The standard InChI is InChI=1S/C11H14N4OS/c1-16-6-11-14-9(12)4-10(15-11)13-5-8-2-3-17-7-8/h2-4,7H,5-6H2,1H3,(H3,12,13,14,15). The molecule has 0 atom stereocenters. The fourth-order valence-electron chi connectivity index (χ4n) is 1.39. The molecule has 2 heterocycles. The molecule has 0 aliphatic rings. The van der Waals surface area contributed by atoms with Crippen LogP contribution in [0.2, 0.25) is 0 Å². The molecular formula is C11H14N4OS. The molecule has 0 amide bonds. The van der Waals surface area contributed by atoms with Crippen molar-refractivity contribution in [2.45, 2.75) is 13.2 Å². The van der Waals surface area contributed by atoms with E-state index in [0.717, 1.165) is 12.4 Å². The maximum atomic E-state index is 5.69. The van der Waals surface area contributed by atoms with Gasteiger partial charge in [-0.3, -0.25) is 0 Å². The third-order valence-corrected chi connectivity index (χ3v) is 2.85. The maximum absolute atomic E-state index is 5.69. The summed E-state index contributed by atoms with van der Waals surface area (Å²) in [6.45, 7) is 1.09. The fourth-order valence-corrected chi connectivity index (χ4v) is 2.06. The number of anilines is 2. The molecular weight excluding hydrogens is 236 g/mol. The Kier molecular flexibility index (Phi) is 3.89. The Morgan fingerprint density at radius 3 is 3.06 bits per heavy atom. The zero-order chi connectivity index (χ0) is 12.1. The van der Waals surface area contributed by atoms with Crippen molar-refractivity contribution in [2.75, 3.05) is 18.2 Å². The molecule has 0 aliphatic heterocycles. The summed E-state index contributed by atoms with van der Waals surface area (Å²) in [5, 5.41) is 7.34. The van der Waals surface area contributed by atoms with Crippen molar-refractivity contribution < 1.29 is 4.74 Å². The average Bonchev–Trinajstić information content (AvgIpc) is 2.79. The van der Waals surface area contributed by atoms with Crippen molar-refractivity contribution in [1.29, 1.82) is 0 Å². The van der Waals surface area contributed by atoms with E-state index in [9.17, 15) is 0 Å². The zero-order valence-electron chi connectivity index (χ0n) is 9.51. The van der Waals surface area contributed by atoms with Crippen molar-refractivity contribution in [3.63, 3.8) is 0 Å². The van der Waals surface area contributed by atoms with Crippen molar-refractivity contribution in [3.05, 3.63) is 34.3 Å². The summed E-state index contributed by atoms with van der Waals surface area (Å²) < 4.78 is 4.98. The van der Waals surface area contributed by atoms with E-state index in [1.165, 1.54) is 5.56 Å². The van der Waals surface area contributed by atoms with Gasteiger partial charge < -0.3 is 15.8 Å². The minimum absolute atomic E-state index is 0.359. The normalized spacial score (nSPS) is 10.4. The smallest absolute Gasteiger partial charge is 0.158 e. The summed E-state index contributed by atoms with van der Waals surface area (Å²) in [7, 11) is 1.60. The number of nitrogens with zero attached hydrogens (tertiary/aromatic N) is 2. The van der Waals surface area contributed by atoms with Crippen LogP contribution in [-0.2, 0) is 17.9 Å². The van der Waals surface area contributed by atoms with Gasteiger partial charge in [0.2, 0.25) is 0 Å². The second-order valence-corrected chi connectivity index (χ2v) is 4.29. The lowest BCUT2D eigenvalue weighted by molar-refractivity contribution is 0.178. The molecule has 2 aromatic rings. The Hall–Kier alpha value is -1.66. The summed E-state index contributed by atoms with van der Waals surface area (Å²) in [5.41, 5.74) is 6.92. The Morgan fingerprint density at radius 1 is 1.47 bits per heavy atom. The van der Waals surface area contributed by atoms with Gasteiger partial charge in [0, 0.05) is 19.7 Å². The molecule has 0 radical (unpaired) electrons. The van der Waals surface area contributed by atoms with Gasteiger partial charge in [0.25, 0.3) is 0 Å². The molecule has 0 bridgehead atoms. The molecule has 0 saturated carbocycles. The van der Waals surface area contributed by atoms with Crippen LogP contribution in [0.4, 0.5) is 11.6 Å². The van der Waals surface area contributed by atoms with E-state index in [2.05, 4.69) is 26.7 Å². The lowest BCUT2D eigenvalue weighted by Gasteiger charge is -2.07. The minimum atomic E-state index is 0.359. The number of hydrogen-bond donors (Lipinski definition) is 2. The van der Waals surface area contributed by atoms with E-state index in [4.69, 9.17) is 10.5 Å². The Bertz CT molecular complexity index is 472. The van der Waals surface area contributed by atoms with Crippen LogP contribution >= 0.6 is 11.3 Å². The van der Waals surface area contributed by atoms with Gasteiger partial charge in [0.1, 0.15) is 18.2 Å². The molecule has 0 saturated heterocycles. The van der Waals surface area contributed by atoms with Crippen LogP contribution in [0.25, 0.3) is 0 Å². The van der Waals surface area contributed by atoms with Crippen molar-refractivity contribution >= 4 is 23.0 Å². The van der Waals surface area contributed by atoms with E-state index < -0.39 is 0 Å². The highest BCUT2D eigenvalue weighted by Gasteiger charge is 2.02. The van der Waals surface area contributed by atoms with Crippen LogP contribution in [0.3, 0.4) is 0 Å². The molecule has 2 aromatic heterocycles. The van der Waals surface area contributed by atoms with Crippen LogP contribution in [0.5, 0.6) is 0 Å². The van der Waals surface area contributed by atoms with Gasteiger partial charge in [-0.25, -0.2) is 9.97 Å². The van der Waals surface area contributed by atoms with Gasteiger partial charge >= 0.3 is 0 Å². The van der Waals surface area contributed by atoms with Gasteiger partial charge in [0.05, 0.1) is 0 Å². The molecule has 5 nitrogen and oxygen atoms in total. The van der Waals surface area contributed by atoms with Gasteiger partial charge in [-0.1, -0.05) is 0 Å². The highest BCUT2D eigenvalue weighted by Crippen LogP contribution is 2.12. The lowest BCUT2D eigenvalue weighted by Crippen LogP contribution is -2.06. The van der Waals surface area contributed by atoms with Gasteiger partial charge in [-0.15, -0.1) is 0 Å². The molecule has 90 valence electrons. The molecule has 0 aliphatic carbocycles. The number of nitrogens with one attached hydrogen (secondary N) is 1. The first-order chi connectivity index (χ1) is 8.28. The summed E-state index contributed by atoms with van der Waals surface area (Å²) >= 11 is 1.67. The second kappa shape index (κ2) is 5.60. The molecule has 0 aromatic carbocycles. The molecule has 0 fully saturated rings. The minimum Gasteiger partial charge on any atom is -0.384 e. The van der Waals surface area contributed by atoms with Gasteiger partial charge in [-0.05, 0) is 22.4 Å². The predicted molar refractivity (Wildman–Crippen MR) is 68.8 cm³/mol. The molecule has 17 heavy (non-hydrogen) atoms.